The topological polar surface area (TPSA) is 90.8 Å². The van der Waals surface area contributed by atoms with Gasteiger partial charge in [0.15, 0.2) is 5.13 Å². The predicted molar refractivity (Wildman–Crippen MR) is 106 cm³/mol. The molecule has 0 spiro atoms. The summed E-state index contributed by atoms with van der Waals surface area (Å²) >= 11 is 1.40. The average Bonchev–Trinajstić information content (AvgIpc) is 3.28. The molecule has 1 aliphatic carbocycles. The minimum atomic E-state index is -0.676. The number of azide groups is 1. The Balaban J connectivity index is 1.81. The fourth-order valence-corrected chi connectivity index (χ4v) is 4.42. The fraction of sp³-hybridized carbons (Fsp3) is 0.200. The molecular weight excluding hydrogens is 358 g/mol. The van der Waals surface area contributed by atoms with E-state index in [4.69, 9.17) is 5.53 Å². The van der Waals surface area contributed by atoms with E-state index in [1.54, 1.807) is 12.3 Å². The van der Waals surface area contributed by atoms with E-state index >= 15 is 0 Å². The number of nitrogens with one attached hydrogen (secondary N) is 1. The molecule has 6 nitrogen and oxygen atoms in total. The Morgan fingerprint density at radius 2 is 2.15 bits per heavy atom. The summed E-state index contributed by atoms with van der Waals surface area (Å²) in [7, 11) is 0. The lowest BCUT2D eigenvalue weighted by atomic mass is 9.73. The molecular formula is C20H17N5OS. The molecule has 0 saturated heterocycles. The van der Waals surface area contributed by atoms with Crippen molar-refractivity contribution in [3.63, 3.8) is 0 Å². The number of thiazole rings is 1. The van der Waals surface area contributed by atoms with Crippen LogP contribution in [-0.2, 0) is 11.2 Å². The minimum absolute atomic E-state index is 0.0622. The van der Waals surface area contributed by atoms with Crippen LogP contribution in [0.25, 0.3) is 10.4 Å². The number of amides is 1. The van der Waals surface area contributed by atoms with E-state index < -0.39 is 5.41 Å². The molecule has 3 aromatic rings. The van der Waals surface area contributed by atoms with Crippen molar-refractivity contribution in [2.45, 2.75) is 19.3 Å². The lowest BCUT2D eigenvalue weighted by Crippen LogP contribution is -2.37. The maximum absolute atomic E-state index is 13.3. The Bertz CT molecular complexity index is 1030. The molecule has 27 heavy (non-hydrogen) atoms. The van der Waals surface area contributed by atoms with E-state index in [-0.39, 0.29) is 11.8 Å². The van der Waals surface area contributed by atoms with Gasteiger partial charge in [0.05, 0.1) is 5.41 Å². The number of aromatic nitrogens is 1. The summed E-state index contributed by atoms with van der Waals surface area (Å²) in [5.74, 6) is -0.199. The number of carbonyl (C=O) groups is 1. The normalized spacial score (nSPS) is 20.6. The van der Waals surface area contributed by atoms with Crippen LogP contribution in [-0.4, -0.2) is 10.9 Å². The molecule has 2 unspecified atom stereocenters. The third-order valence-corrected chi connectivity index (χ3v) is 5.79. The van der Waals surface area contributed by atoms with E-state index in [2.05, 4.69) is 20.3 Å². The van der Waals surface area contributed by atoms with Gasteiger partial charge in [-0.3, -0.25) is 4.79 Å². The van der Waals surface area contributed by atoms with Crippen LogP contribution < -0.4 is 5.32 Å². The Labute approximate surface area is 160 Å². The molecule has 0 fully saturated rings. The Hall–Kier alpha value is -3.15. The largest absolute Gasteiger partial charge is 0.301 e. The van der Waals surface area contributed by atoms with Crippen molar-refractivity contribution in [3.8, 4) is 0 Å². The highest BCUT2D eigenvalue weighted by Gasteiger charge is 2.48. The zero-order valence-electron chi connectivity index (χ0n) is 14.7. The fourth-order valence-electron chi connectivity index (χ4n) is 3.90. The first-order valence-corrected chi connectivity index (χ1v) is 9.43. The quantitative estimate of drug-likeness (QED) is 0.375. The highest BCUT2D eigenvalue weighted by atomic mass is 32.1. The Morgan fingerprint density at radius 3 is 2.85 bits per heavy atom. The van der Waals surface area contributed by atoms with Gasteiger partial charge >= 0.3 is 0 Å². The number of carbonyl (C=O) groups excluding carboxylic acids is 1. The first kappa shape index (κ1) is 17.3. The number of anilines is 1. The van der Waals surface area contributed by atoms with Crippen LogP contribution >= 0.6 is 11.3 Å². The monoisotopic (exact) mass is 375 g/mol. The van der Waals surface area contributed by atoms with Crippen LogP contribution in [0.4, 0.5) is 10.8 Å². The summed E-state index contributed by atoms with van der Waals surface area (Å²) in [5, 5.41) is 9.13. The molecule has 1 aliphatic rings. The third-order valence-electron chi connectivity index (χ3n) is 5.10. The maximum Gasteiger partial charge on any atom is 0.233 e. The second kappa shape index (κ2) is 6.87. The summed E-state index contributed by atoms with van der Waals surface area (Å²) in [6.07, 6.45) is 2.28. The van der Waals surface area contributed by atoms with Crippen LogP contribution in [0.2, 0.25) is 0 Å². The van der Waals surface area contributed by atoms with Gasteiger partial charge in [-0.1, -0.05) is 47.6 Å². The van der Waals surface area contributed by atoms with Gasteiger partial charge in [-0.2, -0.15) is 0 Å². The molecule has 2 atom stereocenters. The molecule has 2 aromatic carbocycles. The maximum atomic E-state index is 13.3. The Morgan fingerprint density at radius 1 is 1.33 bits per heavy atom. The number of rotatable bonds is 4. The second-order valence-corrected chi connectivity index (χ2v) is 7.70. The molecule has 0 saturated carbocycles. The first-order valence-electron chi connectivity index (χ1n) is 8.55. The van der Waals surface area contributed by atoms with Gasteiger partial charge in [0.25, 0.3) is 0 Å². The van der Waals surface area contributed by atoms with E-state index in [0.717, 1.165) is 16.7 Å². The van der Waals surface area contributed by atoms with Gasteiger partial charge in [0.2, 0.25) is 5.91 Å². The van der Waals surface area contributed by atoms with Crippen molar-refractivity contribution in [2.24, 2.45) is 10.5 Å². The van der Waals surface area contributed by atoms with Gasteiger partial charge in [-0.05, 0) is 41.6 Å². The number of nitrogens with zero attached hydrogens (tertiary/aromatic N) is 4. The van der Waals surface area contributed by atoms with Crippen LogP contribution in [0, 0.1) is 5.41 Å². The molecule has 0 bridgehead atoms. The van der Waals surface area contributed by atoms with Gasteiger partial charge in [-0.15, -0.1) is 11.3 Å². The number of fused-ring (bicyclic) bond motifs is 1. The van der Waals surface area contributed by atoms with E-state index in [1.165, 1.54) is 11.3 Å². The number of benzene rings is 2. The van der Waals surface area contributed by atoms with E-state index in [0.29, 0.717) is 17.2 Å². The van der Waals surface area contributed by atoms with Gasteiger partial charge in [-0.25, -0.2) is 4.98 Å². The molecule has 7 heteroatoms. The summed E-state index contributed by atoms with van der Waals surface area (Å²) in [4.78, 5) is 20.3. The van der Waals surface area contributed by atoms with Crippen LogP contribution in [0.3, 0.4) is 0 Å². The lowest BCUT2D eigenvalue weighted by molar-refractivity contribution is -0.125. The van der Waals surface area contributed by atoms with Crippen molar-refractivity contribution < 1.29 is 4.79 Å². The molecule has 1 N–H and O–H groups in total. The van der Waals surface area contributed by atoms with Crippen LogP contribution in [0.5, 0.6) is 0 Å². The SMILES string of the molecule is CC1(C(=O)Nc2nccs2)Cc2ccc(N=[N+]=[N-])cc2C1c1ccccc1. The highest BCUT2D eigenvalue weighted by Crippen LogP contribution is 2.52. The number of hydrogen-bond donors (Lipinski definition) is 1. The van der Waals surface area contributed by atoms with Gasteiger partial charge < -0.3 is 5.32 Å². The predicted octanol–water partition coefficient (Wildman–Crippen LogP) is 5.42. The zero-order chi connectivity index (χ0) is 18.9. The van der Waals surface area contributed by atoms with Crippen molar-refractivity contribution in [2.75, 3.05) is 5.32 Å². The first-order chi connectivity index (χ1) is 13.1. The van der Waals surface area contributed by atoms with Crippen molar-refractivity contribution in [1.29, 1.82) is 0 Å². The summed E-state index contributed by atoms with van der Waals surface area (Å²) < 4.78 is 0. The minimum Gasteiger partial charge on any atom is -0.301 e. The van der Waals surface area contributed by atoms with Gasteiger partial charge in [0, 0.05) is 28.1 Å². The molecule has 134 valence electrons. The van der Waals surface area contributed by atoms with E-state index in [1.807, 2.05) is 54.8 Å². The Kier molecular flexibility index (Phi) is 4.39. The molecule has 4 rings (SSSR count). The summed E-state index contributed by atoms with van der Waals surface area (Å²) in [5.41, 5.74) is 11.8. The van der Waals surface area contributed by atoms with Crippen molar-refractivity contribution in [1.82, 2.24) is 4.98 Å². The lowest BCUT2D eigenvalue weighted by Gasteiger charge is -2.31. The molecule has 1 heterocycles. The van der Waals surface area contributed by atoms with Gasteiger partial charge in [0.1, 0.15) is 0 Å². The highest BCUT2D eigenvalue weighted by molar-refractivity contribution is 7.13. The van der Waals surface area contributed by atoms with Crippen LogP contribution in [0.1, 0.15) is 29.5 Å². The average molecular weight is 375 g/mol. The standard InChI is InChI=1S/C20H17N5OS/c1-20(18(26)23-19-22-9-10-27-19)12-14-7-8-15(24-25-21)11-16(14)17(20)13-5-3-2-4-6-13/h2-11,17H,12H2,1H3,(H,22,23,26). The second-order valence-electron chi connectivity index (χ2n) is 6.80. The summed E-state index contributed by atoms with van der Waals surface area (Å²) in [6, 6.07) is 15.6. The smallest absolute Gasteiger partial charge is 0.233 e. The molecule has 0 radical (unpaired) electrons. The third kappa shape index (κ3) is 3.07. The zero-order valence-corrected chi connectivity index (χ0v) is 15.5. The van der Waals surface area contributed by atoms with E-state index in [9.17, 15) is 4.79 Å². The molecule has 0 aliphatic heterocycles. The molecule has 1 aromatic heterocycles. The van der Waals surface area contributed by atoms with Crippen molar-refractivity contribution >= 4 is 28.1 Å². The van der Waals surface area contributed by atoms with Crippen LogP contribution in [0.15, 0.2) is 65.2 Å². The molecule has 1 amide bonds. The summed E-state index contributed by atoms with van der Waals surface area (Å²) in [6.45, 7) is 1.99. The number of hydrogen-bond acceptors (Lipinski definition) is 4. The van der Waals surface area contributed by atoms with Crippen molar-refractivity contribution in [3.05, 3.63) is 87.2 Å².